The van der Waals surface area contributed by atoms with Gasteiger partial charge < -0.3 is 15.4 Å². The summed E-state index contributed by atoms with van der Waals surface area (Å²) in [4.78, 5) is 53.6. The molecule has 1 heterocycles. The SMILES string of the molecule is CCCCCN(C(=O)COC(=O)CCc1ccccc1Cl)c1c(N)n(CCCC)c(=O)[nH]c1=O. The molecule has 0 atom stereocenters. The van der Waals surface area contributed by atoms with Gasteiger partial charge in [0.25, 0.3) is 11.5 Å². The number of aromatic nitrogens is 2. The van der Waals surface area contributed by atoms with Crippen molar-refractivity contribution in [2.24, 2.45) is 0 Å². The molecule has 2 rings (SSSR count). The summed E-state index contributed by atoms with van der Waals surface area (Å²) in [5.74, 6) is -1.21. The standard InChI is InChI=1S/C24H33ClN4O5/c1-3-5-9-15-28(21-22(26)29(14-6-4-2)24(33)27-23(21)32)19(30)16-34-20(31)13-12-17-10-7-8-11-18(17)25/h7-8,10-11H,3-6,9,12-16,26H2,1-2H3,(H,27,32,33). The fourth-order valence-electron chi connectivity index (χ4n) is 3.49. The van der Waals surface area contributed by atoms with Gasteiger partial charge in [-0.15, -0.1) is 0 Å². The van der Waals surface area contributed by atoms with Gasteiger partial charge in [-0.1, -0.05) is 62.9 Å². The average molecular weight is 493 g/mol. The first kappa shape index (κ1) is 27.2. The Balaban J connectivity index is 2.16. The molecule has 3 N–H and O–H groups in total. The fraction of sp³-hybridized carbons (Fsp3) is 0.500. The summed E-state index contributed by atoms with van der Waals surface area (Å²) in [6.45, 7) is 3.97. The number of H-pyrrole nitrogens is 1. The highest BCUT2D eigenvalue weighted by atomic mass is 35.5. The molecule has 10 heteroatoms. The Hall–Kier alpha value is -3.07. The smallest absolute Gasteiger partial charge is 0.330 e. The van der Waals surface area contributed by atoms with Crippen LogP contribution < -0.4 is 21.9 Å². The largest absolute Gasteiger partial charge is 0.456 e. The molecule has 0 spiro atoms. The zero-order chi connectivity index (χ0) is 25.1. The minimum atomic E-state index is -0.745. The van der Waals surface area contributed by atoms with E-state index in [4.69, 9.17) is 22.1 Å². The predicted molar refractivity (Wildman–Crippen MR) is 133 cm³/mol. The van der Waals surface area contributed by atoms with Crippen LogP contribution in [0.4, 0.5) is 11.5 Å². The first-order valence-corrected chi connectivity index (χ1v) is 12.0. The molecule has 1 aromatic heterocycles. The van der Waals surface area contributed by atoms with Crippen LogP contribution in [0.2, 0.25) is 5.02 Å². The number of nitrogens with zero attached hydrogens (tertiary/aromatic N) is 2. The van der Waals surface area contributed by atoms with Crippen LogP contribution in [-0.4, -0.2) is 34.6 Å². The van der Waals surface area contributed by atoms with Gasteiger partial charge in [-0.3, -0.25) is 23.9 Å². The van der Waals surface area contributed by atoms with Crippen molar-refractivity contribution >= 4 is 35.0 Å². The molecule has 0 aliphatic rings. The van der Waals surface area contributed by atoms with E-state index in [0.29, 0.717) is 30.8 Å². The molecule has 34 heavy (non-hydrogen) atoms. The summed E-state index contributed by atoms with van der Waals surface area (Å²) < 4.78 is 6.44. The van der Waals surface area contributed by atoms with Gasteiger partial charge in [-0.05, 0) is 30.9 Å². The van der Waals surface area contributed by atoms with Crippen LogP contribution in [0.15, 0.2) is 33.9 Å². The third-order valence-electron chi connectivity index (χ3n) is 5.42. The number of carbonyl (C=O) groups excluding carboxylic acids is 2. The van der Waals surface area contributed by atoms with Crippen LogP contribution in [-0.2, 0) is 27.3 Å². The number of aryl methyl sites for hydroxylation is 1. The lowest BCUT2D eigenvalue weighted by Crippen LogP contribution is -2.43. The number of aromatic amines is 1. The van der Waals surface area contributed by atoms with E-state index in [0.717, 1.165) is 24.8 Å². The minimum Gasteiger partial charge on any atom is -0.456 e. The Morgan fingerprint density at radius 2 is 1.82 bits per heavy atom. The zero-order valence-electron chi connectivity index (χ0n) is 19.8. The van der Waals surface area contributed by atoms with Crippen LogP contribution in [0.5, 0.6) is 0 Å². The van der Waals surface area contributed by atoms with Crippen molar-refractivity contribution in [2.75, 3.05) is 23.8 Å². The predicted octanol–water partition coefficient (Wildman–Crippen LogP) is 3.27. The number of esters is 1. The number of halogens is 1. The molecule has 0 aliphatic heterocycles. The van der Waals surface area contributed by atoms with E-state index in [1.165, 1.54) is 9.47 Å². The number of unbranched alkanes of at least 4 members (excludes halogenated alkanes) is 3. The Labute approximate surface area is 203 Å². The van der Waals surface area contributed by atoms with Crippen molar-refractivity contribution < 1.29 is 14.3 Å². The molecule has 0 radical (unpaired) electrons. The lowest BCUT2D eigenvalue weighted by molar-refractivity contribution is -0.147. The summed E-state index contributed by atoms with van der Waals surface area (Å²) in [6.07, 6.45) is 4.29. The van der Waals surface area contributed by atoms with E-state index < -0.39 is 29.7 Å². The molecule has 1 amide bonds. The summed E-state index contributed by atoms with van der Waals surface area (Å²) in [5.41, 5.74) is 5.53. The molecule has 9 nitrogen and oxygen atoms in total. The van der Waals surface area contributed by atoms with Crippen LogP contribution in [0.1, 0.15) is 57.9 Å². The highest BCUT2D eigenvalue weighted by Gasteiger charge is 2.25. The minimum absolute atomic E-state index is 0.0530. The highest BCUT2D eigenvalue weighted by molar-refractivity contribution is 6.31. The number of ether oxygens (including phenoxy) is 1. The van der Waals surface area contributed by atoms with Gasteiger partial charge >= 0.3 is 11.7 Å². The van der Waals surface area contributed by atoms with Gasteiger partial charge in [0, 0.05) is 24.5 Å². The average Bonchev–Trinajstić information content (AvgIpc) is 2.80. The van der Waals surface area contributed by atoms with Crippen molar-refractivity contribution in [1.82, 2.24) is 9.55 Å². The van der Waals surface area contributed by atoms with Crippen LogP contribution in [0.3, 0.4) is 0 Å². The van der Waals surface area contributed by atoms with Crippen molar-refractivity contribution in [2.45, 2.75) is 65.3 Å². The van der Waals surface area contributed by atoms with E-state index in [1.807, 2.05) is 26.0 Å². The Morgan fingerprint density at radius 3 is 2.50 bits per heavy atom. The fourth-order valence-corrected chi connectivity index (χ4v) is 3.72. The number of benzene rings is 1. The second-order valence-corrected chi connectivity index (χ2v) is 8.41. The third-order valence-corrected chi connectivity index (χ3v) is 5.79. The summed E-state index contributed by atoms with van der Waals surface area (Å²) >= 11 is 6.11. The molecule has 0 saturated heterocycles. The Morgan fingerprint density at radius 1 is 1.12 bits per heavy atom. The number of nitrogens with one attached hydrogen (secondary N) is 1. The number of nitrogens with two attached hydrogens (primary N) is 1. The van der Waals surface area contributed by atoms with E-state index >= 15 is 0 Å². The van der Waals surface area contributed by atoms with E-state index in [9.17, 15) is 19.2 Å². The topological polar surface area (TPSA) is 127 Å². The van der Waals surface area contributed by atoms with Gasteiger partial charge in [-0.2, -0.15) is 0 Å². The van der Waals surface area contributed by atoms with E-state index in [-0.39, 0.29) is 24.5 Å². The van der Waals surface area contributed by atoms with E-state index in [1.54, 1.807) is 12.1 Å². The van der Waals surface area contributed by atoms with Crippen LogP contribution in [0.25, 0.3) is 0 Å². The van der Waals surface area contributed by atoms with Gasteiger partial charge in [0.05, 0.1) is 0 Å². The number of hydrogen-bond acceptors (Lipinski definition) is 6. The molecule has 0 aliphatic carbocycles. The van der Waals surface area contributed by atoms with Gasteiger partial charge in [0.15, 0.2) is 12.3 Å². The summed E-state index contributed by atoms with van der Waals surface area (Å²) in [5, 5.41) is 0.557. The van der Waals surface area contributed by atoms with Crippen molar-refractivity contribution in [3.05, 3.63) is 55.7 Å². The first-order valence-electron chi connectivity index (χ1n) is 11.6. The Bertz CT molecular complexity index is 1100. The van der Waals surface area contributed by atoms with Gasteiger partial charge in [0.2, 0.25) is 0 Å². The maximum absolute atomic E-state index is 13.0. The molecule has 186 valence electrons. The molecule has 0 saturated carbocycles. The number of rotatable bonds is 13. The number of anilines is 2. The molecular formula is C24H33ClN4O5. The number of amides is 1. The quantitative estimate of drug-likeness (QED) is 0.326. The van der Waals surface area contributed by atoms with Crippen LogP contribution >= 0.6 is 11.6 Å². The lowest BCUT2D eigenvalue weighted by Gasteiger charge is -2.24. The first-order chi connectivity index (χ1) is 16.3. The molecule has 2 aromatic rings. The molecule has 1 aromatic carbocycles. The molecule has 0 bridgehead atoms. The second-order valence-electron chi connectivity index (χ2n) is 8.00. The Kier molecular flexibility index (Phi) is 10.9. The van der Waals surface area contributed by atoms with Crippen molar-refractivity contribution in [1.29, 1.82) is 0 Å². The monoisotopic (exact) mass is 492 g/mol. The maximum atomic E-state index is 13.0. The maximum Gasteiger partial charge on any atom is 0.330 e. The number of carbonyl (C=O) groups is 2. The molecule has 0 unspecified atom stereocenters. The third kappa shape index (κ3) is 7.48. The lowest BCUT2D eigenvalue weighted by atomic mass is 10.1. The highest BCUT2D eigenvalue weighted by Crippen LogP contribution is 2.19. The summed E-state index contributed by atoms with van der Waals surface area (Å²) in [6, 6.07) is 7.18. The van der Waals surface area contributed by atoms with Gasteiger partial charge in [0.1, 0.15) is 5.82 Å². The molecular weight excluding hydrogens is 460 g/mol. The zero-order valence-corrected chi connectivity index (χ0v) is 20.5. The van der Waals surface area contributed by atoms with Crippen LogP contribution in [0, 0.1) is 0 Å². The number of nitrogen functional groups attached to an aromatic ring is 1. The summed E-state index contributed by atoms with van der Waals surface area (Å²) in [7, 11) is 0. The van der Waals surface area contributed by atoms with Gasteiger partial charge in [-0.25, -0.2) is 4.79 Å². The van der Waals surface area contributed by atoms with Crippen molar-refractivity contribution in [3.63, 3.8) is 0 Å². The van der Waals surface area contributed by atoms with E-state index in [2.05, 4.69) is 4.98 Å². The normalized spacial score (nSPS) is 10.8. The number of hydrogen-bond donors (Lipinski definition) is 2. The second kappa shape index (κ2) is 13.6. The molecule has 0 fully saturated rings. The van der Waals surface area contributed by atoms with Crippen molar-refractivity contribution in [3.8, 4) is 0 Å².